The summed E-state index contributed by atoms with van der Waals surface area (Å²) in [6.07, 6.45) is 1.61. The standard InChI is InChI=1S/C16H14N2O2/c1-12-8-9-14(11-17-12)18-16(20)15-7-3-2-5-13(15)6-4-10-19/h2-3,5,7-9,11,19H,10H2,1H3,(H,18,20). The van der Waals surface area contributed by atoms with Crippen molar-refractivity contribution in [1.82, 2.24) is 4.98 Å². The van der Waals surface area contributed by atoms with E-state index in [0.29, 0.717) is 16.8 Å². The summed E-state index contributed by atoms with van der Waals surface area (Å²) in [4.78, 5) is 16.3. The zero-order valence-electron chi connectivity index (χ0n) is 11.1. The van der Waals surface area contributed by atoms with Gasteiger partial charge >= 0.3 is 0 Å². The molecular weight excluding hydrogens is 252 g/mol. The van der Waals surface area contributed by atoms with Gasteiger partial charge in [-0.15, -0.1) is 0 Å². The molecule has 0 aliphatic rings. The van der Waals surface area contributed by atoms with E-state index in [1.165, 1.54) is 0 Å². The summed E-state index contributed by atoms with van der Waals surface area (Å²) in [6, 6.07) is 10.6. The number of pyridine rings is 1. The lowest BCUT2D eigenvalue weighted by atomic mass is 10.1. The minimum atomic E-state index is -0.251. The Morgan fingerprint density at radius 3 is 2.80 bits per heavy atom. The highest BCUT2D eigenvalue weighted by Gasteiger charge is 2.09. The number of nitrogens with one attached hydrogen (secondary N) is 1. The third kappa shape index (κ3) is 3.44. The summed E-state index contributed by atoms with van der Waals surface area (Å²) in [6.45, 7) is 1.64. The number of hydrogen-bond donors (Lipinski definition) is 2. The predicted molar refractivity (Wildman–Crippen MR) is 77.3 cm³/mol. The van der Waals surface area contributed by atoms with Gasteiger partial charge in [0, 0.05) is 11.3 Å². The van der Waals surface area contributed by atoms with E-state index in [2.05, 4.69) is 22.1 Å². The smallest absolute Gasteiger partial charge is 0.256 e. The molecule has 0 bridgehead atoms. The molecule has 0 saturated carbocycles. The van der Waals surface area contributed by atoms with E-state index in [0.717, 1.165) is 5.69 Å². The van der Waals surface area contributed by atoms with Gasteiger partial charge in [0.25, 0.3) is 5.91 Å². The fourth-order valence-corrected chi connectivity index (χ4v) is 1.67. The quantitative estimate of drug-likeness (QED) is 0.817. The van der Waals surface area contributed by atoms with Crippen molar-refractivity contribution in [3.63, 3.8) is 0 Å². The molecule has 1 heterocycles. The van der Waals surface area contributed by atoms with Crippen molar-refractivity contribution in [2.24, 2.45) is 0 Å². The Balaban J connectivity index is 2.23. The monoisotopic (exact) mass is 266 g/mol. The second kappa shape index (κ2) is 6.50. The van der Waals surface area contributed by atoms with Crippen molar-refractivity contribution in [2.75, 3.05) is 11.9 Å². The molecule has 1 amide bonds. The molecule has 4 heteroatoms. The number of aliphatic hydroxyl groups excluding tert-OH is 1. The van der Waals surface area contributed by atoms with E-state index in [4.69, 9.17) is 5.11 Å². The summed E-state index contributed by atoms with van der Waals surface area (Å²) < 4.78 is 0. The number of aryl methyl sites for hydroxylation is 1. The van der Waals surface area contributed by atoms with Gasteiger partial charge in [-0.05, 0) is 31.2 Å². The van der Waals surface area contributed by atoms with E-state index < -0.39 is 0 Å². The fourth-order valence-electron chi connectivity index (χ4n) is 1.67. The van der Waals surface area contributed by atoms with Crippen LogP contribution in [-0.4, -0.2) is 22.6 Å². The molecule has 2 N–H and O–H groups in total. The second-order valence-corrected chi connectivity index (χ2v) is 4.15. The van der Waals surface area contributed by atoms with Gasteiger partial charge in [-0.1, -0.05) is 24.0 Å². The molecular formula is C16H14N2O2. The van der Waals surface area contributed by atoms with Crippen LogP contribution >= 0.6 is 0 Å². The van der Waals surface area contributed by atoms with Crippen molar-refractivity contribution in [3.8, 4) is 11.8 Å². The van der Waals surface area contributed by atoms with Gasteiger partial charge in [0.2, 0.25) is 0 Å². The number of benzene rings is 1. The fraction of sp³-hybridized carbons (Fsp3) is 0.125. The molecule has 4 nitrogen and oxygen atoms in total. The minimum absolute atomic E-state index is 0.238. The Kier molecular flexibility index (Phi) is 4.48. The Morgan fingerprint density at radius 2 is 2.10 bits per heavy atom. The highest BCUT2D eigenvalue weighted by atomic mass is 16.2. The first-order valence-corrected chi connectivity index (χ1v) is 6.13. The molecule has 0 aliphatic heterocycles. The lowest BCUT2D eigenvalue weighted by Crippen LogP contribution is -2.13. The number of anilines is 1. The van der Waals surface area contributed by atoms with E-state index in [-0.39, 0.29) is 12.5 Å². The average molecular weight is 266 g/mol. The number of aliphatic hydroxyl groups is 1. The van der Waals surface area contributed by atoms with Crippen molar-refractivity contribution >= 4 is 11.6 Å². The lowest BCUT2D eigenvalue weighted by molar-refractivity contribution is 0.102. The van der Waals surface area contributed by atoms with Crippen molar-refractivity contribution < 1.29 is 9.90 Å². The van der Waals surface area contributed by atoms with Crippen LogP contribution in [-0.2, 0) is 0 Å². The number of nitrogens with zero attached hydrogens (tertiary/aromatic N) is 1. The molecule has 0 radical (unpaired) electrons. The van der Waals surface area contributed by atoms with Crippen LogP contribution in [0.15, 0.2) is 42.6 Å². The summed E-state index contributed by atoms with van der Waals surface area (Å²) in [5.74, 6) is 5.06. The molecule has 0 unspecified atom stereocenters. The summed E-state index contributed by atoms with van der Waals surface area (Å²) in [7, 11) is 0. The maximum atomic E-state index is 12.2. The number of carbonyl (C=O) groups excluding carboxylic acids is 1. The van der Waals surface area contributed by atoms with Crippen LogP contribution < -0.4 is 5.32 Å². The SMILES string of the molecule is Cc1ccc(NC(=O)c2ccccc2C#CCO)cn1. The Labute approximate surface area is 117 Å². The highest BCUT2D eigenvalue weighted by Crippen LogP contribution is 2.12. The molecule has 0 saturated heterocycles. The average Bonchev–Trinajstić information content (AvgIpc) is 2.47. The summed E-state index contributed by atoms with van der Waals surface area (Å²) >= 11 is 0. The first kappa shape index (κ1) is 13.8. The van der Waals surface area contributed by atoms with Gasteiger partial charge in [-0.3, -0.25) is 9.78 Å². The predicted octanol–water partition coefficient (Wildman–Crippen LogP) is 1.99. The molecule has 20 heavy (non-hydrogen) atoms. The topological polar surface area (TPSA) is 62.2 Å². The molecule has 1 aromatic heterocycles. The molecule has 0 atom stereocenters. The van der Waals surface area contributed by atoms with E-state index >= 15 is 0 Å². The zero-order valence-corrected chi connectivity index (χ0v) is 11.1. The van der Waals surface area contributed by atoms with Gasteiger partial charge < -0.3 is 10.4 Å². The van der Waals surface area contributed by atoms with Gasteiger partial charge in [-0.25, -0.2) is 0 Å². The number of carbonyl (C=O) groups is 1. The third-order valence-electron chi connectivity index (χ3n) is 2.64. The number of rotatable bonds is 2. The minimum Gasteiger partial charge on any atom is -0.384 e. The van der Waals surface area contributed by atoms with Crippen molar-refractivity contribution in [1.29, 1.82) is 0 Å². The van der Waals surface area contributed by atoms with Crippen LogP contribution in [0.3, 0.4) is 0 Å². The third-order valence-corrected chi connectivity index (χ3v) is 2.64. The first-order chi connectivity index (χ1) is 9.70. The molecule has 0 aliphatic carbocycles. The van der Waals surface area contributed by atoms with E-state index in [1.807, 2.05) is 13.0 Å². The van der Waals surface area contributed by atoms with Gasteiger partial charge in [0.15, 0.2) is 0 Å². The summed E-state index contributed by atoms with van der Waals surface area (Å²) in [5, 5.41) is 11.5. The molecule has 0 spiro atoms. The number of hydrogen-bond acceptors (Lipinski definition) is 3. The van der Waals surface area contributed by atoms with Crippen LogP contribution in [0.2, 0.25) is 0 Å². The van der Waals surface area contributed by atoms with Crippen LogP contribution in [0.1, 0.15) is 21.6 Å². The Hall–Kier alpha value is -2.64. The maximum Gasteiger partial charge on any atom is 0.256 e. The molecule has 2 aromatic rings. The molecule has 100 valence electrons. The molecule has 2 rings (SSSR count). The van der Waals surface area contributed by atoms with E-state index in [9.17, 15) is 4.79 Å². The number of aromatic nitrogens is 1. The van der Waals surface area contributed by atoms with Gasteiger partial charge in [-0.2, -0.15) is 0 Å². The lowest BCUT2D eigenvalue weighted by Gasteiger charge is -2.06. The summed E-state index contributed by atoms with van der Waals surface area (Å²) in [5.41, 5.74) is 2.57. The van der Waals surface area contributed by atoms with Crippen LogP contribution in [0, 0.1) is 18.8 Å². The van der Waals surface area contributed by atoms with Crippen LogP contribution in [0.4, 0.5) is 5.69 Å². The number of amides is 1. The Morgan fingerprint density at radius 1 is 1.30 bits per heavy atom. The molecule has 1 aromatic carbocycles. The van der Waals surface area contributed by atoms with Crippen molar-refractivity contribution in [2.45, 2.75) is 6.92 Å². The van der Waals surface area contributed by atoms with E-state index in [1.54, 1.807) is 36.5 Å². The maximum absolute atomic E-state index is 12.2. The highest BCUT2D eigenvalue weighted by molar-refractivity contribution is 6.05. The first-order valence-electron chi connectivity index (χ1n) is 6.13. The van der Waals surface area contributed by atoms with Crippen LogP contribution in [0.25, 0.3) is 0 Å². The van der Waals surface area contributed by atoms with Gasteiger partial charge in [0.05, 0.1) is 17.4 Å². The zero-order chi connectivity index (χ0) is 14.4. The van der Waals surface area contributed by atoms with Gasteiger partial charge in [0.1, 0.15) is 6.61 Å². The molecule has 0 fully saturated rings. The largest absolute Gasteiger partial charge is 0.384 e. The van der Waals surface area contributed by atoms with Crippen LogP contribution in [0.5, 0.6) is 0 Å². The Bertz CT molecular complexity index is 667. The normalized spacial score (nSPS) is 9.50. The second-order valence-electron chi connectivity index (χ2n) is 4.15. The van der Waals surface area contributed by atoms with Crippen molar-refractivity contribution in [3.05, 3.63) is 59.4 Å².